The molecule has 1 N–H and O–H groups in total. The van der Waals surface area contributed by atoms with Gasteiger partial charge >= 0.3 is 5.97 Å². The Morgan fingerprint density at radius 2 is 2.07 bits per heavy atom. The van der Waals surface area contributed by atoms with Crippen LogP contribution in [0.25, 0.3) is 10.2 Å². The van der Waals surface area contributed by atoms with Crippen LogP contribution in [0.4, 0.5) is 5.69 Å². The molecule has 28 heavy (non-hydrogen) atoms. The molecule has 0 unspecified atom stereocenters. The smallest absolute Gasteiger partial charge is 0.348 e. The molecule has 0 atom stereocenters. The largest absolute Gasteiger partial charge is 0.462 e. The number of carbonyl (C=O) groups excluding carboxylic acids is 2. The third-order valence-corrected chi connectivity index (χ3v) is 6.01. The Labute approximate surface area is 178 Å². The fourth-order valence-electron chi connectivity index (χ4n) is 2.77. The van der Waals surface area contributed by atoms with Gasteiger partial charge in [-0.15, -0.1) is 11.3 Å². The molecule has 1 amide bonds. The maximum atomic E-state index is 12.8. The monoisotopic (exact) mass is 511 g/mol. The fourth-order valence-corrected chi connectivity index (χ4v) is 4.45. The van der Waals surface area contributed by atoms with Crippen molar-refractivity contribution in [3.63, 3.8) is 0 Å². The lowest BCUT2D eigenvalue weighted by Gasteiger charge is -2.10. The van der Waals surface area contributed by atoms with Crippen molar-refractivity contribution in [3.8, 4) is 0 Å². The molecule has 0 radical (unpaired) electrons. The summed E-state index contributed by atoms with van der Waals surface area (Å²) in [6.07, 6.45) is 1.33. The second-order valence-corrected chi connectivity index (χ2v) is 8.39. The molecule has 3 rings (SSSR count). The normalized spacial score (nSPS) is 10.9. The third-order valence-electron chi connectivity index (χ3n) is 4.15. The molecule has 0 bridgehead atoms. The van der Waals surface area contributed by atoms with Crippen molar-refractivity contribution in [2.45, 2.75) is 27.3 Å². The van der Waals surface area contributed by atoms with Gasteiger partial charge in [-0.3, -0.25) is 14.2 Å². The van der Waals surface area contributed by atoms with Crippen LogP contribution in [-0.4, -0.2) is 28.0 Å². The number of aromatic nitrogens is 2. The van der Waals surface area contributed by atoms with Gasteiger partial charge < -0.3 is 10.1 Å². The summed E-state index contributed by atoms with van der Waals surface area (Å²) >= 11 is 3.32. The van der Waals surface area contributed by atoms with Gasteiger partial charge in [0.05, 0.1) is 18.3 Å². The number of hydrogen-bond acceptors (Lipinski definition) is 6. The van der Waals surface area contributed by atoms with Gasteiger partial charge in [-0.1, -0.05) is 0 Å². The molecule has 3 aromatic rings. The number of halogens is 1. The molecule has 146 valence electrons. The quantitative estimate of drug-likeness (QED) is 0.419. The minimum Gasteiger partial charge on any atom is -0.462 e. The van der Waals surface area contributed by atoms with Crippen molar-refractivity contribution in [1.82, 2.24) is 9.55 Å². The van der Waals surface area contributed by atoms with E-state index < -0.39 is 5.97 Å². The van der Waals surface area contributed by atoms with Crippen molar-refractivity contribution in [3.05, 3.63) is 54.5 Å². The van der Waals surface area contributed by atoms with Crippen molar-refractivity contribution in [1.29, 1.82) is 0 Å². The SMILES string of the molecule is CCOC(=O)c1sc2ncn(CC(=O)Nc3ccc(I)cc3C)c(=O)c2c1C. The molecule has 2 aromatic heterocycles. The Hall–Kier alpha value is -2.27. The summed E-state index contributed by atoms with van der Waals surface area (Å²) in [5.74, 6) is -0.799. The Morgan fingerprint density at radius 1 is 1.32 bits per heavy atom. The first-order valence-corrected chi connectivity index (χ1v) is 10.4. The number of aryl methyl sites for hydroxylation is 2. The first-order chi connectivity index (χ1) is 13.3. The summed E-state index contributed by atoms with van der Waals surface area (Å²) in [5.41, 5.74) is 1.81. The van der Waals surface area contributed by atoms with E-state index in [9.17, 15) is 14.4 Å². The zero-order valence-corrected chi connectivity index (χ0v) is 18.5. The highest BCUT2D eigenvalue weighted by Gasteiger charge is 2.20. The summed E-state index contributed by atoms with van der Waals surface area (Å²) in [6, 6.07) is 5.68. The Balaban J connectivity index is 1.88. The van der Waals surface area contributed by atoms with Gasteiger partial charge in [0.25, 0.3) is 5.56 Å². The van der Waals surface area contributed by atoms with Crippen molar-refractivity contribution in [2.24, 2.45) is 0 Å². The van der Waals surface area contributed by atoms with Crippen LogP contribution in [0, 0.1) is 17.4 Å². The summed E-state index contributed by atoms with van der Waals surface area (Å²) in [5, 5.41) is 3.16. The molecule has 0 aliphatic carbocycles. The molecule has 7 nitrogen and oxygen atoms in total. The number of nitrogens with zero attached hydrogens (tertiary/aromatic N) is 2. The number of fused-ring (bicyclic) bond motifs is 1. The van der Waals surface area contributed by atoms with Crippen LogP contribution >= 0.6 is 33.9 Å². The van der Waals surface area contributed by atoms with Crippen LogP contribution < -0.4 is 10.9 Å². The number of amides is 1. The van der Waals surface area contributed by atoms with E-state index >= 15 is 0 Å². The number of nitrogens with one attached hydrogen (secondary N) is 1. The Bertz CT molecular complexity index is 1140. The zero-order chi connectivity index (χ0) is 20.4. The highest BCUT2D eigenvalue weighted by atomic mass is 127. The molecule has 0 fully saturated rings. The Kier molecular flexibility index (Phi) is 6.14. The maximum absolute atomic E-state index is 12.8. The van der Waals surface area contributed by atoms with Gasteiger partial charge in [-0.25, -0.2) is 9.78 Å². The summed E-state index contributed by atoms with van der Waals surface area (Å²) in [4.78, 5) is 42.4. The van der Waals surface area contributed by atoms with E-state index in [1.54, 1.807) is 13.8 Å². The van der Waals surface area contributed by atoms with Crippen LogP contribution in [0.15, 0.2) is 29.3 Å². The maximum Gasteiger partial charge on any atom is 0.348 e. The molecule has 1 aromatic carbocycles. The van der Waals surface area contributed by atoms with Crippen LogP contribution in [0.2, 0.25) is 0 Å². The molecule has 2 heterocycles. The summed E-state index contributed by atoms with van der Waals surface area (Å²) < 4.78 is 7.35. The number of hydrogen-bond donors (Lipinski definition) is 1. The molecule has 0 saturated carbocycles. The highest BCUT2D eigenvalue weighted by molar-refractivity contribution is 14.1. The third kappa shape index (κ3) is 4.09. The minimum absolute atomic E-state index is 0.169. The lowest BCUT2D eigenvalue weighted by Crippen LogP contribution is -2.28. The number of esters is 1. The Morgan fingerprint density at radius 3 is 2.75 bits per heavy atom. The van der Waals surface area contributed by atoms with Gasteiger partial charge in [0, 0.05) is 9.26 Å². The molecule has 0 aliphatic rings. The summed E-state index contributed by atoms with van der Waals surface area (Å²) in [7, 11) is 0. The van der Waals surface area contributed by atoms with E-state index in [-0.39, 0.29) is 24.6 Å². The number of benzene rings is 1. The molecular weight excluding hydrogens is 493 g/mol. The number of ether oxygens (including phenoxy) is 1. The average Bonchev–Trinajstić information content (AvgIpc) is 2.97. The van der Waals surface area contributed by atoms with Crippen LogP contribution in [-0.2, 0) is 16.1 Å². The summed E-state index contributed by atoms with van der Waals surface area (Å²) in [6.45, 7) is 5.40. The highest BCUT2D eigenvalue weighted by Crippen LogP contribution is 2.27. The predicted molar refractivity (Wildman–Crippen MR) is 117 cm³/mol. The molecule has 0 spiro atoms. The van der Waals surface area contributed by atoms with Gasteiger partial charge in [-0.2, -0.15) is 0 Å². The van der Waals surface area contributed by atoms with Crippen molar-refractivity contribution in [2.75, 3.05) is 11.9 Å². The molecule has 0 aliphatic heterocycles. The van der Waals surface area contributed by atoms with E-state index in [1.807, 2.05) is 25.1 Å². The number of carbonyl (C=O) groups is 2. The van der Waals surface area contributed by atoms with Crippen LogP contribution in [0.5, 0.6) is 0 Å². The first-order valence-electron chi connectivity index (χ1n) is 8.53. The standard InChI is InChI=1S/C19H18IN3O4S/c1-4-27-19(26)16-11(3)15-17(28-16)21-9-23(18(15)25)8-14(24)22-13-6-5-12(20)7-10(13)2/h5-7,9H,4,8H2,1-3H3,(H,22,24). The van der Waals surface area contributed by atoms with Gasteiger partial charge in [-0.05, 0) is 72.7 Å². The van der Waals surface area contributed by atoms with Crippen molar-refractivity contribution < 1.29 is 14.3 Å². The fraction of sp³-hybridized carbons (Fsp3) is 0.263. The topological polar surface area (TPSA) is 90.3 Å². The van der Waals surface area contributed by atoms with Crippen LogP contribution in [0.3, 0.4) is 0 Å². The van der Waals surface area contributed by atoms with E-state index in [0.29, 0.717) is 26.3 Å². The lowest BCUT2D eigenvalue weighted by molar-refractivity contribution is -0.116. The van der Waals surface area contributed by atoms with Gasteiger partial charge in [0.2, 0.25) is 5.91 Å². The number of anilines is 1. The minimum atomic E-state index is -0.471. The van der Waals surface area contributed by atoms with E-state index in [0.717, 1.165) is 20.5 Å². The van der Waals surface area contributed by atoms with E-state index in [2.05, 4.69) is 32.9 Å². The van der Waals surface area contributed by atoms with Crippen molar-refractivity contribution >= 4 is 61.7 Å². The average molecular weight is 511 g/mol. The number of rotatable bonds is 5. The van der Waals surface area contributed by atoms with Gasteiger partial charge in [0.1, 0.15) is 16.3 Å². The second kappa shape index (κ2) is 8.39. The lowest BCUT2D eigenvalue weighted by atomic mass is 10.2. The predicted octanol–water partition coefficient (Wildman–Crippen LogP) is 3.49. The van der Waals surface area contributed by atoms with Gasteiger partial charge in [0.15, 0.2) is 0 Å². The molecule has 9 heteroatoms. The second-order valence-electron chi connectivity index (χ2n) is 6.14. The zero-order valence-electron chi connectivity index (χ0n) is 15.5. The molecule has 0 saturated heterocycles. The van der Waals surface area contributed by atoms with E-state index in [1.165, 1.54) is 10.9 Å². The number of thiophene rings is 1. The van der Waals surface area contributed by atoms with Crippen LogP contribution in [0.1, 0.15) is 27.7 Å². The first kappa shape index (κ1) is 20.5. The van der Waals surface area contributed by atoms with E-state index in [4.69, 9.17) is 4.74 Å². The molecular formula is C19H18IN3O4S.